The highest BCUT2D eigenvalue weighted by atomic mass is 15.2. The molecule has 3 nitrogen and oxygen atoms in total. The normalized spacial score (nSPS) is 19.1. The molecule has 1 aliphatic heterocycles. The summed E-state index contributed by atoms with van der Waals surface area (Å²) in [6, 6.07) is 70.2. The number of aliphatic imine (C=N–C) groups is 2. The van der Waals surface area contributed by atoms with Crippen molar-refractivity contribution < 1.29 is 0 Å². The van der Waals surface area contributed by atoms with Crippen LogP contribution in [0.4, 0.5) is 0 Å². The fraction of sp³-hybridized carbons (Fsp3) is 0.0714. The van der Waals surface area contributed by atoms with Gasteiger partial charge in [0.05, 0.1) is 5.41 Å². The van der Waals surface area contributed by atoms with E-state index in [1.165, 1.54) is 60.8 Å². The predicted octanol–water partition coefficient (Wildman–Crippen LogP) is 13.1. The Morgan fingerprint density at radius 1 is 0.475 bits per heavy atom. The molecule has 3 unspecified atom stereocenters. The van der Waals surface area contributed by atoms with Crippen molar-refractivity contribution in [2.24, 2.45) is 15.9 Å². The summed E-state index contributed by atoms with van der Waals surface area (Å²) in [5.41, 5.74) is 14.0. The standard InChI is InChI=1S/C56H41N3/c1-6-18-38(19-7-1)39-30-32-42(33-31-39)54-57-53(41-22-10-3-11-23-41)58-55(59-54)44-34-35-48-49(37-44)56(45-25-12-4-13-26-45,46-27-14-5-15-28-46)50-36-43-24-16-17-29-47(43)51(52(48)50)40-20-8-2-9-21-40/h1-27,29-37,46,54H,28H2,(H,57,58,59). The molecule has 0 amide bonds. The zero-order valence-electron chi connectivity index (χ0n) is 32.5. The minimum atomic E-state index is -0.477. The maximum atomic E-state index is 5.41. The Bertz CT molecular complexity index is 2960. The Balaban J connectivity index is 1.14. The van der Waals surface area contributed by atoms with Crippen LogP contribution in [0, 0.1) is 5.92 Å². The van der Waals surface area contributed by atoms with Gasteiger partial charge < -0.3 is 5.32 Å². The quantitative estimate of drug-likeness (QED) is 0.173. The van der Waals surface area contributed by atoms with Gasteiger partial charge in [0.25, 0.3) is 0 Å². The zero-order chi connectivity index (χ0) is 39.2. The van der Waals surface area contributed by atoms with Gasteiger partial charge in [0, 0.05) is 11.1 Å². The van der Waals surface area contributed by atoms with E-state index in [0.717, 1.165) is 34.8 Å². The average molecular weight is 756 g/mol. The molecule has 1 N–H and O–H groups in total. The molecule has 3 aliphatic rings. The fourth-order valence-corrected chi connectivity index (χ4v) is 9.72. The molecule has 0 saturated heterocycles. The smallest absolute Gasteiger partial charge is 0.169 e. The van der Waals surface area contributed by atoms with Crippen LogP contribution in [0.2, 0.25) is 0 Å². The van der Waals surface area contributed by atoms with Crippen molar-refractivity contribution in [1.82, 2.24) is 5.32 Å². The molecule has 8 aromatic carbocycles. The number of hydrogen-bond acceptors (Lipinski definition) is 3. The number of amidine groups is 2. The van der Waals surface area contributed by atoms with Gasteiger partial charge in [-0.3, -0.25) is 0 Å². The first-order valence-corrected chi connectivity index (χ1v) is 20.5. The third-order valence-electron chi connectivity index (χ3n) is 12.4. The highest BCUT2D eigenvalue weighted by molar-refractivity contribution is 6.16. The minimum Gasteiger partial charge on any atom is -0.324 e. The first kappa shape index (κ1) is 34.9. The molecule has 8 aromatic rings. The van der Waals surface area contributed by atoms with Crippen LogP contribution in [-0.2, 0) is 5.41 Å². The molecule has 3 heteroatoms. The maximum absolute atomic E-state index is 5.41. The average Bonchev–Trinajstić information content (AvgIpc) is 3.61. The van der Waals surface area contributed by atoms with Gasteiger partial charge in [-0.25, -0.2) is 9.98 Å². The Kier molecular flexibility index (Phi) is 8.59. The third kappa shape index (κ3) is 5.89. The second kappa shape index (κ2) is 14.5. The van der Waals surface area contributed by atoms with Crippen LogP contribution in [-0.4, -0.2) is 11.7 Å². The summed E-state index contributed by atoms with van der Waals surface area (Å²) in [7, 11) is 0. The number of nitrogens with zero attached hydrogens (tertiary/aromatic N) is 2. The number of benzene rings is 8. The number of fused-ring (bicyclic) bond motifs is 4. The molecule has 0 spiro atoms. The van der Waals surface area contributed by atoms with E-state index in [2.05, 4.69) is 218 Å². The van der Waals surface area contributed by atoms with Gasteiger partial charge in [-0.2, -0.15) is 0 Å². The van der Waals surface area contributed by atoms with E-state index in [1.807, 2.05) is 6.07 Å². The van der Waals surface area contributed by atoms with Gasteiger partial charge in [0.2, 0.25) is 0 Å². The molecule has 0 fully saturated rings. The van der Waals surface area contributed by atoms with E-state index < -0.39 is 11.6 Å². The summed E-state index contributed by atoms with van der Waals surface area (Å²) in [6.45, 7) is 0. The molecule has 11 rings (SSSR count). The van der Waals surface area contributed by atoms with Crippen LogP contribution in [0.25, 0.3) is 44.2 Å². The summed E-state index contributed by atoms with van der Waals surface area (Å²) < 4.78 is 0. The van der Waals surface area contributed by atoms with Gasteiger partial charge in [-0.1, -0.05) is 206 Å². The molecule has 0 saturated carbocycles. The zero-order valence-corrected chi connectivity index (χ0v) is 32.5. The lowest BCUT2D eigenvalue weighted by Gasteiger charge is -2.40. The van der Waals surface area contributed by atoms with E-state index in [0.29, 0.717) is 0 Å². The van der Waals surface area contributed by atoms with Gasteiger partial charge in [-0.05, 0) is 90.9 Å². The summed E-state index contributed by atoms with van der Waals surface area (Å²) >= 11 is 0. The molecular formula is C56H41N3. The molecule has 280 valence electrons. The monoisotopic (exact) mass is 755 g/mol. The Labute approximate surface area is 345 Å². The van der Waals surface area contributed by atoms with Crippen molar-refractivity contribution >= 4 is 22.4 Å². The molecular weight excluding hydrogens is 715 g/mol. The van der Waals surface area contributed by atoms with E-state index >= 15 is 0 Å². The largest absolute Gasteiger partial charge is 0.324 e. The van der Waals surface area contributed by atoms with Crippen LogP contribution in [0.15, 0.2) is 228 Å². The number of rotatable bonds is 7. The van der Waals surface area contributed by atoms with Crippen molar-refractivity contribution in [1.29, 1.82) is 0 Å². The van der Waals surface area contributed by atoms with Gasteiger partial charge in [-0.15, -0.1) is 0 Å². The molecule has 59 heavy (non-hydrogen) atoms. The molecule has 0 aromatic heterocycles. The van der Waals surface area contributed by atoms with E-state index in [4.69, 9.17) is 9.98 Å². The highest BCUT2D eigenvalue weighted by Crippen LogP contribution is 2.61. The summed E-state index contributed by atoms with van der Waals surface area (Å²) in [4.78, 5) is 10.6. The van der Waals surface area contributed by atoms with E-state index in [-0.39, 0.29) is 5.92 Å². The predicted molar refractivity (Wildman–Crippen MR) is 245 cm³/mol. The molecule has 3 atom stereocenters. The van der Waals surface area contributed by atoms with Crippen molar-refractivity contribution in [3.05, 3.63) is 252 Å². The molecule has 1 heterocycles. The van der Waals surface area contributed by atoms with Crippen LogP contribution >= 0.6 is 0 Å². The summed E-state index contributed by atoms with van der Waals surface area (Å²) in [5, 5.41) is 6.23. The second-order valence-electron chi connectivity index (χ2n) is 15.7. The third-order valence-corrected chi connectivity index (χ3v) is 12.4. The number of allylic oxidation sites excluding steroid dienone is 4. The van der Waals surface area contributed by atoms with Crippen LogP contribution in [0.5, 0.6) is 0 Å². The van der Waals surface area contributed by atoms with Crippen molar-refractivity contribution in [2.45, 2.75) is 18.0 Å². The van der Waals surface area contributed by atoms with E-state index in [1.54, 1.807) is 0 Å². The number of hydrogen-bond donors (Lipinski definition) is 1. The Hall–Kier alpha value is -7.36. The SMILES string of the molecule is C1=CCC(C2(c3ccccc3)c3cc(C4=NC(c5ccc(-c6ccccc6)cc5)N=C(c5ccccc5)N4)ccc3-c3c2cc2ccccc2c3-c2ccccc2)C=C1. The Morgan fingerprint density at radius 2 is 1.07 bits per heavy atom. The molecule has 2 aliphatic carbocycles. The van der Waals surface area contributed by atoms with Crippen LogP contribution in [0.3, 0.4) is 0 Å². The van der Waals surface area contributed by atoms with Crippen LogP contribution in [0.1, 0.15) is 46.0 Å². The summed E-state index contributed by atoms with van der Waals surface area (Å²) in [5.74, 6) is 1.79. The number of nitrogens with one attached hydrogen (secondary N) is 1. The van der Waals surface area contributed by atoms with Gasteiger partial charge in [0.1, 0.15) is 11.7 Å². The van der Waals surface area contributed by atoms with E-state index in [9.17, 15) is 0 Å². The van der Waals surface area contributed by atoms with Gasteiger partial charge in [0.15, 0.2) is 6.17 Å². The highest BCUT2D eigenvalue weighted by Gasteiger charge is 2.50. The minimum absolute atomic E-state index is 0.175. The topological polar surface area (TPSA) is 36.8 Å². The maximum Gasteiger partial charge on any atom is 0.169 e. The lowest BCUT2D eigenvalue weighted by Crippen LogP contribution is -2.37. The lowest BCUT2D eigenvalue weighted by molar-refractivity contribution is 0.458. The lowest BCUT2D eigenvalue weighted by atomic mass is 9.62. The second-order valence-corrected chi connectivity index (χ2v) is 15.7. The first-order valence-electron chi connectivity index (χ1n) is 20.5. The van der Waals surface area contributed by atoms with Crippen molar-refractivity contribution in [2.75, 3.05) is 0 Å². The van der Waals surface area contributed by atoms with Crippen molar-refractivity contribution in [3.8, 4) is 33.4 Å². The van der Waals surface area contributed by atoms with Crippen molar-refractivity contribution in [3.63, 3.8) is 0 Å². The summed E-state index contributed by atoms with van der Waals surface area (Å²) in [6.07, 6.45) is 9.70. The Morgan fingerprint density at radius 3 is 1.76 bits per heavy atom. The fourth-order valence-electron chi connectivity index (χ4n) is 9.72. The molecule has 0 bridgehead atoms. The molecule has 0 radical (unpaired) electrons. The first-order chi connectivity index (χ1) is 29.3. The van der Waals surface area contributed by atoms with Crippen LogP contribution < -0.4 is 5.32 Å². The van der Waals surface area contributed by atoms with Gasteiger partial charge >= 0.3 is 0 Å².